The summed E-state index contributed by atoms with van der Waals surface area (Å²) in [6.45, 7) is 0.724. The Morgan fingerprint density at radius 1 is 0.977 bits per heavy atom. The smallest absolute Gasteiger partial charge is 0.416 e. The molecule has 3 aromatic carbocycles. The molecule has 0 spiro atoms. The largest absolute Gasteiger partial charge is 0.490 e. The average molecular weight is 642 g/mol. The van der Waals surface area contributed by atoms with Gasteiger partial charge < -0.3 is 9.64 Å². The lowest BCUT2D eigenvalue weighted by Crippen LogP contribution is -2.42. The zero-order chi connectivity index (χ0) is 30.8. The number of likely N-dealkylation sites (tertiary alicyclic amines) is 1. The lowest BCUT2D eigenvalue weighted by Gasteiger charge is -2.32. The Balaban J connectivity index is 1.30. The molecule has 0 bridgehead atoms. The molecule has 0 unspecified atom stereocenters. The SMILES string of the molecule is O=C(c1nn(-c2ccccc2Cl)c(-c2ccc(Cl)cc2)c1Cc1nn[nH]n1)N1CCC(Oc2ccc(C(F)(F)F)cc2)CC1. The van der Waals surface area contributed by atoms with Gasteiger partial charge in [0.25, 0.3) is 5.91 Å². The highest BCUT2D eigenvalue weighted by atomic mass is 35.5. The number of aromatic amines is 1. The minimum atomic E-state index is -4.42. The normalized spacial score (nSPS) is 14.2. The Hall–Kier alpha value is -4.42. The Bertz CT molecular complexity index is 1750. The molecule has 9 nitrogen and oxygen atoms in total. The summed E-state index contributed by atoms with van der Waals surface area (Å²) in [4.78, 5) is 15.8. The summed E-state index contributed by atoms with van der Waals surface area (Å²) in [5.74, 6) is 0.422. The summed E-state index contributed by atoms with van der Waals surface area (Å²) in [6.07, 6.45) is -3.54. The van der Waals surface area contributed by atoms with Crippen LogP contribution in [-0.2, 0) is 12.6 Å². The lowest BCUT2D eigenvalue weighted by molar-refractivity contribution is -0.137. The molecule has 1 amide bonds. The van der Waals surface area contributed by atoms with Gasteiger partial charge in [-0.05, 0) is 48.5 Å². The number of piperidine rings is 1. The van der Waals surface area contributed by atoms with Gasteiger partial charge in [-0.25, -0.2) is 4.68 Å². The van der Waals surface area contributed by atoms with E-state index in [-0.39, 0.29) is 24.1 Å². The minimum absolute atomic E-state index is 0.160. The number of amides is 1. The van der Waals surface area contributed by atoms with Crippen LogP contribution in [0.4, 0.5) is 13.2 Å². The van der Waals surface area contributed by atoms with E-state index in [1.54, 1.807) is 33.8 Å². The molecule has 6 rings (SSSR count). The maximum atomic E-state index is 14.1. The van der Waals surface area contributed by atoms with Gasteiger partial charge >= 0.3 is 6.18 Å². The van der Waals surface area contributed by atoms with Crippen LogP contribution in [0, 0.1) is 0 Å². The average Bonchev–Trinajstić information content (AvgIpc) is 3.66. The first-order valence-corrected chi connectivity index (χ1v) is 14.4. The van der Waals surface area contributed by atoms with E-state index in [1.165, 1.54) is 12.1 Å². The quantitative estimate of drug-likeness (QED) is 0.213. The first-order valence-electron chi connectivity index (χ1n) is 13.7. The van der Waals surface area contributed by atoms with Crippen molar-refractivity contribution in [3.63, 3.8) is 0 Å². The van der Waals surface area contributed by atoms with Crippen molar-refractivity contribution >= 4 is 29.1 Å². The highest BCUT2D eigenvalue weighted by Crippen LogP contribution is 2.35. The Labute approximate surface area is 259 Å². The number of H-pyrrole nitrogens is 1. The number of tetrazole rings is 1. The van der Waals surface area contributed by atoms with Gasteiger partial charge in [0.1, 0.15) is 11.9 Å². The number of nitrogens with zero attached hydrogens (tertiary/aromatic N) is 6. The van der Waals surface area contributed by atoms with Gasteiger partial charge in [0.05, 0.1) is 22.0 Å². The molecule has 0 atom stereocenters. The molecule has 0 radical (unpaired) electrons. The van der Waals surface area contributed by atoms with Crippen LogP contribution in [0.2, 0.25) is 10.0 Å². The number of hydrogen-bond donors (Lipinski definition) is 1. The fraction of sp³-hybridized carbons (Fsp3) is 0.233. The van der Waals surface area contributed by atoms with Crippen LogP contribution in [0.25, 0.3) is 16.9 Å². The molecule has 1 fully saturated rings. The van der Waals surface area contributed by atoms with Crippen molar-refractivity contribution in [1.82, 2.24) is 35.3 Å². The van der Waals surface area contributed by atoms with Crippen molar-refractivity contribution in [2.24, 2.45) is 0 Å². The fourth-order valence-electron chi connectivity index (χ4n) is 5.15. The van der Waals surface area contributed by atoms with Gasteiger partial charge in [-0.3, -0.25) is 4.79 Å². The standard InChI is InChI=1S/C30H24Cl2F3N7O2/c31-20-9-5-18(6-10-20)28-23(17-26-36-39-40-37-26)27(38-42(28)25-4-2-1-3-24(25)32)29(43)41-15-13-22(14-16-41)44-21-11-7-19(8-12-21)30(33,34)35/h1-12,22H,13-17H2,(H,36,37,39,40). The number of benzene rings is 3. The second kappa shape index (κ2) is 12.3. The summed E-state index contributed by atoms with van der Waals surface area (Å²) >= 11 is 12.8. The fourth-order valence-corrected chi connectivity index (χ4v) is 5.49. The van der Waals surface area contributed by atoms with E-state index >= 15 is 0 Å². The summed E-state index contributed by atoms with van der Waals surface area (Å²) in [7, 11) is 0. The first-order chi connectivity index (χ1) is 21.2. The molecule has 0 aliphatic carbocycles. The summed E-state index contributed by atoms with van der Waals surface area (Å²) in [6, 6.07) is 19.0. The first kappa shape index (κ1) is 29.6. The molecule has 44 heavy (non-hydrogen) atoms. The number of para-hydroxylation sites is 1. The number of carbonyl (C=O) groups is 1. The third-order valence-corrected chi connectivity index (χ3v) is 7.89. The number of ether oxygens (including phenoxy) is 1. The molecule has 1 aliphatic rings. The van der Waals surface area contributed by atoms with Crippen LogP contribution in [0.3, 0.4) is 0 Å². The van der Waals surface area contributed by atoms with E-state index < -0.39 is 11.7 Å². The molecule has 2 aromatic heterocycles. The Morgan fingerprint density at radius 2 is 1.68 bits per heavy atom. The summed E-state index contributed by atoms with van der Waals surface area (Å²) in [5.41, 5.74) is 2.02. The number of carbonyl (C=O) groups excluding carboxylic acids is 1. The lowest BCUT2D eigenvalue weighted by atomic mass is 10.0. The predicted molar refractivity (Wildman–Crippen MR) is 157 cm³/mol. The third kappa shape index (κ3) is 6.27. The summed E-state index contributed by atoms with van der Waals surface area (Å²) in [5, 5.41) is 20.1. The second-order valence-corrected chi connectivity index (χ2v) is 11.0. The van der Waals surface area contributed by atoms with Crippen molar-refractivity contribution in [3.05, 3.63) is 105 Å². The Kier molecular flexibility index (Phi) is 8.28. The number of hydrogen-bond acceptors (Lipinski definition) is 6. The van der Waals surface area contributed by atoms with Crippen LogP contribution in [0.1, 0.15) is 40.3 Å². The van der Waals surface area contributed by atoms with Crippen molar-refractivity contribution in [1.29, 1.82) is 0 Å². The van der Waals surface area contributed by atoms with Crippen molar-refractivity contribution in [2.75, 3.05) is 13.1 Å². The Morgan fingerprint density at radius 3 is 2.32 bits per heavy atom. The van der Waals surface area contributed by atoms with Crippen LogP contribution in [0.15, 0.2) is 72.8 Å². The molecule has 226 valence electrons. The molecular weight excluding hydrogens is 618 g/mol. The van der Waals surface area contributed by atoms with Crippen LogP contribution in [0.5, 0.6) is 5.75 Å². The van der Waals surface area contributed by atoms with Gasteiger partial charge in [0.2, 0.25) is 0 Å². The van der Waals surface area contributed by atoms with E-state index in [4.69, 9.17) is 33.0 Å². The van der Waals surface area contributed by atoms with Crippen LogP contribution in [-0.4, -0.2) is 60.4 Å². The molecule has 3 heterocycles. The number of rotatable bonds is 7. The van der Waals surface area contributed by atoms with Gasteiger partial charge in [0.15, 0.2) is 11.5 Å². The van der Waals surface area contributed by atoms with Crippen LogP contribution < -0.4 is 4.74 Å². The van der Waals surface area contributed by atoms with Gasteiger partial charge in [-0.1, -0.05) is 52.7 Å². The maximum Gasteiger partial charge on any atom is 0.416 e. The van der Waals surface area contributed by atoms with Gasteiger partial charge in [-0.15, -0.1) is 10.2 Å². The highest BCUT2D eigenvalue weighted by molar-refractivity contribution is 6.32. The zero-order valence-electron chi connectivity index (χ0n) is 22.9. The summed E-state index contributed by atoms with van der Waals surface area (Å²) < 4.78 is 46.3. The van der Waals surface area contributed by atoms with Gasteiger partial charge in [-0.2, -0.15) is 23.5 Å². The van der Waals surface area contributed by atoms with E-state index in [0.29, 0.717) is 64.5 Å². The molecule has 14 heteroatoms. The van der Waals surface area contributed by atoms with Gasteiger partial charge in [0, 0.05) is 48.5 Å². The maximum absolute atomic E-state index is 14.1. The molecule has 0 saturated carbocycles. The monoisotopic (exact) mass is 641 g/mol. The zero-order valence-corrected chi connectivity index (χ0v) is 24.4. The van der Waals surface area contributed by atoms with Crippen molar-refractivity contribution in [3.8, 4) is 22.7 Å². The molecular formula is C30H24Cl2F3N7O2. The minimum Gasteiger partial charge on any atom is -0.490 e. The molecule has 1 aliphatic heterocycles. The van der Waals surface area contributed by atoms with Crippen molar-refractivity contribution < 1.29 is 22.7 Å². The second-order valence-electron chi connectivity index (χ2n) is 10.2. The predicted octanol–water partition coefficient (Wildman–Crippen LogP) is 6.65. The van der Waals surface area contributed by atoms with E-state index in [2.05, 4.69) is 20.6 Å². The van der Waals surface area contributed by atoms with E-state index in [1.807, 2.05) is 24.3 Å². The molecule has 1 saturated heterocycles. The molecule has 1 N–H and O–H groups in total. The van der Waals surface area contributed by atoms with E-state index in [0.717, 1.165) is 17.7 Å². The number of nitrogens with one attached hydrogen (secondary N) is 1. The van der Waals surface area contributed by atoms with Crippen molar-refractivity contribution in [2.45, 2.75) is 31.5 Å². The number of aromatic nitrogens is 6. The van der Waals surface area contributed by atoms with Crippen LogP contribution >= 0.6 is 23.2 Å². The number of alkyl halides is 3. The number of halogens is 5. The third-order valence-electron chi connectivity index (χ3n) is 7.32. The van der Waals surface area contributed by atoms with E-state index in [9.17, 15) is 18.0 Å². The highest BCUT2D eigenvalue weighted by Gasteiger charge is 2.33. The molecule has 5 aromatic rings. The topological polar surface area (TPSA) is 102 Å².